The fraction of sp³-hybridized carbons (Fsp3) is 0.263. The van der Waals surface area contributed by atoms with Crippen molar-refractivity contribution in [2.75, 3.05) is 23.5 Å². The molecule has 2 amide bonds. The van der Waals surface area contributed by atoms with Crippen molar-refractivity contribution in [1.29, 1.82) is 0 Å². The molecule has 0 radical (unpaired) electrons. The Morgan fingerprint density at radius 2 is 1.72 bits per heavy atom. The van der Waals surface area contributed by atoms with Crippen molar-refractivity contribution in [3.05, 3.63) is 48.0 Å². The third-order valence-electron chi connectivity index (χ3n) is 4.35. The molecule has 3 rings (SSSR count). The van der Waals surface area contributed by atoms with Gasteiger partial charge >= 0.3 is 0 Å². The van der Waals surface area contributed by atoms with Gasteiger partial charge in [-0.2, -0.15) is 0 Å². The van der Waals surface area contributed by atoms with E-state index in [0.717, 1.165) is 6.42 Å². The van der Waals surface area contributed by atoms with Gasteiger partial charge in [-0.3, -0.25) is 9.59 Å². The Morgan fingerprint density at radius 3 is 2.28 bits per heavy atom. The largest absolute Gasteiger partial charge is 0.495 e. The molecule has 2 atom stereocenters. The zero-order chi connectivity index (χ0) is 18.0. The number of ether oxygens (including phenoxy) is 1. The number of methoxy groups -OCH3 is 1. The predicted molar refractivity (Wildman–Crippen MR) is 97.7 cm³/mol. The second-order valence-corrected chi connectivity index (χ2v) is 6.30. The van der Waals surface area contributed by atoms with Crippen LogP contribution in [0.25, 0.3) is 0 Å². The van der Waals surface area contributed by atoms with Crippen molar-refractivity contribution in [2.45, 2.75) is 13.3 Å². The van der Waals surface area contributed by atoms with Crippen molar-refractivity contribution in [3.8, 4) is 5.75 Å². The van der Waals surface area contributed by atoms with Gasteiger partial charge < -0.3 is 21.1 Å². The van der Waals surface area contributed by atoms with E-state index in [9.17, 15) is 9.59 Å². The molecule has 1 aliphatic carbocycles. The van der Waals surface area contributed by atoms with Crippen molar-refractivity contribution in [3.63, 3.8) is 0 Å². The van der Waals surface area contributed by atoms with E-state index in [1.165, 1.54) is 7.11 Å². The van der Waals surface area contributed by atoms with Gasteiger partial charge in [0.05, 0.1) is 12.8 Å². The molecule has 1 saturated carbocycles. The van der Waals surface area contributed by atoms with E-state index in [4.69, 9.17) is 10.5 Å². The van der Waals surface area contributed by atoms with Crippen LogP contribution in [0, 0.1) is 11.8 Å². The van der Waals surface area contributed by atoms with Crippen LogP contribution < -0.4 is 21.1 Å². The van der Waals surface area contributed by atoms with E-state index in [1.807, 2.05) is 0 Å². The molecule has 0 heterocycles. The zero-order valence-corrected chi connectivity index (χ0v) is 14.2. The van der Waals surface area contributed by atoms with Crippen molar-refractivity contribution in [1.82, 2.24) is 0 Å². The van der Waals surface area contributed by atoms with E-state index in [2.05, 4.69) is 17.6 Å². The van der Waals surface area contributed by atoms with Gasteiger partial charge in [0, 0.05) is 22.9 Å². The number of carbonyl (C=O) groups is 2. The summed E-state index contributed by atoms with van der Waals surface area (Å²) in [7, 11) is 1.54. The minimum absolute atomic E-state index is 0.0402. The predicted octanol–water partition coefficient (Wildman–Crippen LogP) is 3.12. The van der Waals surface area contributed by atoms with Crippen molar-refractivity contribution < 1.29 is 14.3 Å². The average molecular weight is 339 g/mol. The number of nitrogens with one attached hydrogen (secondary N) is 2. The molecule has 6 nitrogen and oxygen atoms in total. The van der Waals surface area contributed by atoms with Crippen LogP contribution in [0.5, 0.6) is 5.75 Å². The fourth-order valence-corrected chi connectivity index (χ4v) is 2.64. The van der Waals surface area contributed by atoms with E-state index < -0.39 is 0 Å². The number of hydrogen-bond acceptors (Lipinski definition) is 4. The van der Waals surface area contributed by atoms with Crippen LogP contribution in [0.2, 0.25) is 0 Å². The Hall–Kier alpha value is -3.02. The van der Waals surface area contributed by atoms with Crippen LogP contribution in [-0.4, -0.2) is 18.9 Å². The van der Waals surface area contributed by atoms with Gasteiger partial charge in [-0.1, -0.05) is 6.92 Å². The molecule has 0 aromatic heterocycles. The SMILES string of the molecule is COc1ccc(NC(=O)c2ccc(NC(=O)C3CC3C)cc2)cc1N. The van der Waals surface area contributed by atoms with Crippen molar-refractivity contribution in [2.24, 2.45) is 11.8 Å². The summed E-state index contributed by atoms with van der Waals surface area (Å²) in [5.74, 6) is 0.922. The highest BCUT2D eigenvalue weighted by atomic mass is 16.5. The molecule has 2 unspecified atom stereocenters. The molecule has 4 N–H and O–H groups in total. The topological polar surface area (TPSA) is 93.5 Å². The standard InChI is InChI=1S/C19H21N3O3/c1-11-9-15(11)19(24)21-13-5-3-12(4-6-13)18(23)22-14-7-8-17(25-2)16(20)10-14/h3-8,10-11,15H,9,20H2,1-2H3,(H,21,24)(H,22,23). The summed E-state index contributed by atoms with van der Waals surface area (Å²) in [4.78, 5) is 24.2. The van der Waals surface area contributed by atoms with Gasteiger partial charge in [0.25, 0.3) is 5.91 Å². The molecule has 2 aromatic carbocycles. The summed E-state index contributed by atoms with van der Waals surface area (Å²) >= 11 is 0. The lowest BCUT2D eigenvalue weighted by Crippen LogP contribution is -2.15. The maximum atomic E-state index is 12.3. The first-order chi connectivity index (χ1) is 12.0. The summed E-state index contributed by atoms with van der Waals surface area (Å²) in [6.45, 7) is 2.06. The smallest absolute Gasteiger partial charge is 0.255 e. The fourth-order valence-electron chi connectivity index (χ4n) is 2.64. The van der Waals surface area contributed by atoms with Crippen LogP contribution in [0.3, 0.4) is 0 Å². The van der Waals surface area contributed by atoms with Crippen molar-refractivity contribution >= 4 is 28.9 Å². The Bertz CT molecular complexity index is 802. The molecule has 25 heavy (non-hydrogen) atoms. The van der Waals surface area contributed by atoms with Crippen LogP contribution in [0.1, 0.15) is 23.7 Å². The molecular weight excluding hydrogens is 318 g/mol. The number of carbonyl (C=O) groups excluding carboxylic acids is 2. The highest BCUT2D eigenvalue weighted by Crippen LogP contribution is 2.38. The summed E-state index contributed by atoms with van der Waals surface area (Å²) in [6, 6.07) is 11.9. The van der Waals surface area contributed by atoms with E-state index in [1.54, 1.807) is 42.5 Å². The lowest BCUT2D eigenvalue weighted by molar-refractivity contribution is -0.117. The Kier molecular flexibility index (Phi) is 4.61. The van der Waals surface area contributed by atoms with Crippen LogP contribution >= 0.6 is 0 Å². The lowest BCUT2D eigenvalue weighted by atomic mass is 10.1. The second-order valence-electron chi connectivity index (χ2n) is 6.30. The molecule has 0 spiro atoms. The minimum Gasteiger partial charge on any atom is -0.495 e. The van der Waals surface area contributed by atoms with Gasteiger partial charge in [0.15, 0.2) is 0 Å². The normalized spacial score (nSPS) is 18.3. The number of benzene rings is 2. The summed E-state index contributed by atoms with van der Waals surface area (Å²) in [6.07, 6.45) is 0.942. The maximum absolute atomic E-state index is 12.3. The molecular formula is C19H21N3O3. The molecule has 0 saturated heterocycles. The Labute approximate surface area is 146 Å². The molecule has 130 valence electrons. The highest BCUT2D eigenvalue weighted by Gasteiger charge is 2.39. The Balaban J connectivity index is 1.62. The van der Waals surface area contributed by atoms with Crippen LogP contribution in [0.4, 0.5) is 17.1 Å². The molecule has 1 aliphatic rings. The first-order valence-electron chi connectivity index (χ1n) is 8.13. The zero-order valence-electron chi connectivity index (χ0n) is 14.2. The minimum atomic E-state index is -0.252. The Morgan fingerprint density at radius 1 is 1.08 bits per heavy atom. The first-order valence-corrected chi connectivity index (χ1v) is 8.13. The second kappa shape index (κ2) is 6.84. The van der Waals surface area contributed by atoms with Gasteiger partial charge in [0.1, 0.15) is 5.75 Å². The number of nitrogens with two attached hydrogens (primary N) is 1. The highest BCUT2D eigenvalue weighted by molar-refractivity contribution is 6.05. The number of hydrogen-bond donors (Lipinski definition) is 3. The molecule has 0 bridgehead atoms. The van der Waals surface area contributed by atoms with Gasteiger partial charge in [-0.05, 0) is 54.8 Å². The summed E-state index contributed by atoms with van der Waals surface area (Å²) in [5, 5.41) is 5.65. The lowest BCUT2D eigenvalue weighted by Gasteiger charge is -2.09. The van der Waals surface area contributed by atoms with Gasteiger partial charge in [-0.25, -0.2) is 0 Å². The number of anilines is 3. The number of rotatable bonds is 5. The van der Waals surface area contributed by atoms with Gasteiger partial charge in [-0.15, -0.1) is 0 Å². The quantitative estimate of drug-likeness (QED) is 0.730. The van der Waals surface area contributed by atoms with E-state index in [0.29, 0.717) is 34.3 Å². The molecule has 6 heteroatoms. The average Bonchev–Trinajstić information content (AvgIpc) is 3.32. The third-order valence-corrected chi connectivity index (χ3v) is 4.35. The monoisotopic (exact) mass is 339 g/mol. The van der Waals surface area contributed by atoms with Gasteiger partial charge in [0.2, 0.25) is 5.91 Å². The van der Waals surface area contributed by atoms with E-state index in [-0.39, 0.29) is 17.7 Å². The molecule has 2 aromatic rings. The summed E-state index contributed by atoms with van der Waals surface area (Å²) < 4.78 is 5.09. The first kappa shape index (κ1) is 16.8. The molecule has 1 fully saturated rings. The van der Waals surface area contributed by atoms with Crippen LogP contribution in [-0.2, 0) is 4.79 Å². The van der Waals surface area contributed by atoms with E-state index >= 15 is 0 Å². The molecule has 0 aliphatic heterocycles. The third kappa shape index (κ3) is 3.91. The van der Waals surface area contributed by atoms with Crippen LogP contribution in [0.15, 0.2) is 42.5 Å². The maximum Gasteiger partial charge on any atom is 0.255 e. The number of amides is 2. The number of nitrogen functional groups attached to an aromatic ring is 1. The summed E-state index contributed by atoms with van der Waals surface area (Å²) in [5.41, 5.74) is 8.06.